The minimum absolute atomic E-state index is 0.0534. The average Bonchev–Trinajstić information content (AvgIpc) is 2.82. The highest BCUT2D eigenvalue weighted by Crippen LogP contribution is 2.45. The normalized spacial score (nSPS) is 28.8. The Labute approximate surface area is 206 Å². The van der Waals surface area contributed by atoms with Gasteiger partial charge in [-0.3, -0.25) is 9.59 Å². The van der Waals surface area contributed by atoms with Gasteiger partial charge in [0.2, 0.25) is 5.91 Å². The molecule has 33 heavy (non-hydrogen) atoms. The number of hydrogen-bond acceptors (Lipinski definition) is 4. The van der Waals surface area contributed by atoms with Crippen LogP contribution in [0, 0.1) is 11.8 Å². The quantitative estimate of drug-likeness (QED) is 0.339. The van der Waals surface area contributed by atoms with Gasteiger partial charge in [-0.05, 0) is 54.5 Å². The first-order chi connectivity index (χ1) is 16.0. The Morgan fingerprint density at radius 1 is 1.09 bits per heavy atom. The van der Waals surface area contributed by atoms with Gasteiger partial charge in [0.05, 0.1) is 0 Å². The van der Waals surface area contributed by atoms with Crippen molar-refractivity contribution in [3.05, 3.63) is 64.1 Å². The number of benzene rings is 2. The van der Waals surface area contributed by atoms with Gasteiger partial charge in [0.25, 0.3) is 0 Å². The summed E-state index contributed by atoms with van der Waals surface area (Å²) in [7, 11) is 0. The molecule has 172 valence electrons. The molecule has 2 heterocycles. The second-order valence-corrected chi connectivity index (χ2v) is 10.3. The lowest BCUT2D eigenvalue weighted by Crippen LogP contribution is -2.57. The van der Waals surface area contributed by atoms with Gasteiger partial charge in [-0.25, -0.2) is 0 Å². The number of halogens is 2. The second-order valence-electron chi connectivity index (χ2n) is 8.86. The number of amides is 1. The predicted molar refractivity (Wildman–Crippen MR) is 131 cm³/mol. The van der Waals surface area contributed by atoms with Crippen LogP contribution in [0.25, 0.3) is 6.08 Å². The monoisotopic (exact) mass is 529 g/mol. The molecule has 1 amide bonds. The van der Waals surface area contributed by atoms with Gasteiger partial charge in [0, 0.05) is 21.8 Å². The Hall–Kier alpha value is -2.31. The molecule has 5 nitrogen and oxygen atoms in total. The lowest BCUT2D eigenvalue weighted by molar-refractivity contribution is -0.137. The van der Waals surface area contributed by atoms with E-state index in [2.05, 4.69) is 21.2 Å². The van der Waals surface area contributed by atoms with Gasteiger partial charge < -0.3 is 14.8 Å². The van der Waals surface area contributed by atoms with Crippen molar-refractivity contribution in [2.24, 2.45) is 11.8 Å². The number of allylic oxidation sites excluding steroid dienone is 1. The fourth-order valence-electron chi connectivity index (χ4n) is 5.31. The molecule has 1 saturated heterocycles. The van der Waals surface area contributed by atoms with Crippen LogP contribution in [0.15, 0.2) is 53.0 Å². The van der Waals surface area contributed by atoms with Crippen molar-refractivity contribution in [2.75, 3.05) is 13.2 Å². The van der Waals surface area contributed by atoms with Crippen LogP contribution in [-0.2, 0) is 9.59 Å². The van der Waals surface area contributed by atoms with Crippen LogP contribution in [-0.4, -0.2) is 36.3 Å². The number of alkyl halides is 1. The van der Waals surface area contributed by atoms with Crippen LogP contribution in [0.4, 0.5) is 0 Å². The van der Waals surface area contributed by atoms with Crippen LogP contribution >= 0.6 is 27.5 Å². The van der Waals surface area contributed by atoms with Crippen molar-refractivity contribution in [3.8, 4) is 11.5 Å². The number of rotatable bonds is 4. The first kappa shape index (κ1) is 22.5. The summed E-state index contributed by atoms with van der Waals surface area (Å²) in [4.78, 5) is 26.7. The molecule has 5 unspecified atom stereocenters. The largest absolute Gasteiger partial charge is 0.486 e. The van der Waals surface area contributed by atoms with Crippen LogP contribution < -0.4 is 14.8 Å². The number of piperidine rings is 1. The van der Waals surface area contributed by atoms with Crippen LogP contribution in [0.3, 0.4) is 0 Å². The van der Waals surface area contributed by atoms with E-state index in [9.17, 15) is 9.59 Å². The van der Waals surface area contributed by atoms with Crippen molar-refractivity contribution in [1.29, 1.82) is 0 Å². The molecular formula is C26H25BrClNO4. The summed E-state index contributed by atoms with van der Waals surface area (Å²) in [5, 5.41) is 3.18. The molecule has 0 spiro atoms. The fourth-order valence-corrected chi connectivity index (χ4v) is 6.10. The minimum Gasteiger partial charge on any atom is -0.486 e. The molecule has 2 fully saturated rings. The molecule has 5 atom stereocenters. The zero-order valence-electron chi connectivity index (χ0n) is 18.0. The molecule has 5 rings (SSSR count). The maximum atomic E-state index is 13.5. The molecule has 0 aromatic heterocycles. The number of ketones is 1. The molecule has 3 aliphatic rings. The third-order valence-corrected chi connectivity index (χ3v) is 7.93. The van der Waals surface area contributed by atoms with Crippen molar-refractivity contribution in [2.45, 2.75) is 36.6 Å². The van der Waals surface area contributed by atoms with Gasteiger partial charge in [0.1, 0.15) is 19.1 Å². The first-order valence-corrected chi connectivity index (χ1v) is 12.5. The maximum Gasteiger partial charge on any atom is 0.231 e. The van der Waals surface area contributed by atoms with Gasteiger partial charge in [-0.1, -0.05) is 52.3 Å². The third kappa shape index (κ3) is 4.56. The highest BCUT2D eigenvalue weighted by Gasteiger charge is 2.49. The minimum atomic E-state index is -0.789. The Kier molecular flexibility index (Phi) is 6.48. The van der Waals surface area contributed by atoms with E-state index >= 15 is 0 Å². The predicted octanol–water partition coefficient (Wildman–Crippen LogP) is 5.11. The number of hydrogen-bond donors (Lipinski definition) is 1. The molecule has 2 aliphatic heterocycles. The highest BCUT2D eigenvalue weighted by molar-refractivity contribution is 9.10. The molecule has 0 radical (unpaired) electrons. The number of nitrogens with one attached hydrogen (secondary N) is 1. The van der Waals surface area contributed by atoms with Crippen LogP contribution in [0.2, 0.25) is 0 Å². The topological polar surface area (TPSA) is 64.6 Å². The molecule has 1 N–H and O–H groups in total. The highest BCUT2D eigenvalue weighted by atomic mass is 79.9. The van der Waals surface area contributed by atoms with Crippen molar-refractivity contribution in [3.63, 3.8) is 0 Å². The van der Waals surface area contributed by atoms with Crippen molar-refractivity contribution >= 4 is 45.3 Å². The molecule has 1 aliphatic carbocycles. The Bertz CT molecular complexity index is 1090. The summed E-state index contributed by atoms with van der Waals surface area (Å²) in [6.45, 7) is 0.998. The summed E-state index contributed by atoms with van der Waals surface area (Å²) >= 11 is 10.1. The van der Waals surface area contributed by atoms with Crippen molar-refractivity contribution in [1.82, 2.24) is 5.32 Å². The van der Waals surface area contributed by atoms with E-state index in [0.29, 0.717) is 24.7 Å². The molecular weight excluding hydrogens is 506 g/mol. The van der Waals surface area contributed by atoms with E-state index in [-0.39, 0.29) is 34.9 Å². The zero-order valence-corrected chi connectivity index (χ0v) is 20.3. The summed E-state index contributed by atoms with van der Waals surface area (Å²) in [5.74, 6) is 0.0472. The van der Waals surface area contributed by atoms with E-state index in [1.807, 2.05) is 42.5 Å². The number of carbonyl (C=O) groups excluding carboxylic acids is 2. The Morgan fingerprint density at radius 3 is 2.58 bits per heavy atom. The SMILES string of the molecule is O=C(/C=C/c1cc2c(cc1Br)OCCO2)C1C(=O)NC2CCC(Cl)CC2C1c1ccccc1. The van der Waals surface area contributed by atoms with E-state index < -0.39 is 5.92 Å². The summed E-state index contributed by atoms with van der Waals surface area (Å²) in [5.41, 5.74) is 1.80. The van der Waals surface area contributed by atoms with E-state index in [1.165, 1.54) is 6.08 Å². The lowest BCUT2D eigenvalue weighted by Gasteiger charge is -2.46. The fraction of sp³-hybridized carbons (Fsp3) is 0.385. The van der Waals surface area contributed by atoms with Crippen LogP contribution in [0.1, 0.15) is 36.3 Å². The summed E-state index contributed by atoms with van der Waals surface area (Å²) in [6, 6.07) is 13.6. The third-order valence-electron chi connectivity index (χ3n) is 6.85. The molecule has 2 aromatic carbocycles. The molecule has 1 saturated carbocycles. The average molecular weight is 531 g/mol. The van der Waals surface area contributed by atoms with Gasteiger partial charge in [-0.2, -0.15) is 0 Å². The standard InChI is InChI=1S/C26H25BrClNO4/c27-19-14-23-22(32-10-11-33-23)12-16(19)6-9-21(30)25-24(15-4-2-1-3-5-15)18-13-17(28)7-8-20(18)29-26(25)31/h1-6,9,12,14,17-18,20,24-25H,7-8,10-11,13H2,(H,29,31)/b9-6+. The molecule has 2 aromatic rings. The summed E-state index contributed by atoms with van der Waals surface area (Å²) in [6.07, 6.45) is 5.75. The summed E-state index contributed by atoms with van der Waals surface area (Å²) < 4.78 is 12.1. The number of fused-ring (bicyclic) bond motifs is 2. The zero-order chi connectivity index (χ0) is 22.9. The number of carbonyl (C=O) groups is 2. The first-order valence-electron chi connectivity index (χ1n) is 11.3. The second kappa shape index (κ2) is 9.51. The smallest absolute Gasteiger partial charge is 0.231 e. The van der Waals surface area contributed by atoms with Gasteiger partial charge >= 0.3 is 0 Å². The molecule has 7 heteroatoms. The van der Waals surface area contributed by atoms with Crippen LogP contribution in [0.5, 0.6) is 11.5 Å². The maximum absolute atomic E-state index is 13.5. The van der Waals surface area contributed by atoms with E-state index in [4.69, 9.17) is 21.1 Å². The Morgan fingerprint density at radius 2 is 1.82 bits per heavy atom. The lowest BCUT2D eigenvalue weighted by atomic mass is 9.64. The van der Waals surface area contributed by atoms with E-state index in [1.54, 1.807) is 6.08 Å². The van der Waals surface area contributed by atoms with Gasteiger partial charge in [0.15, 0.2) is 17.3 Å². The number of ether oxygens (including phenoxy) is 2. The molecule has 0 bridgehead atoms. The Balaban J connectivity index is 1.46. The van der Waals surface area contributed by atoms with E-state index in [0.717, 1.165) is 34.9 Å². The van der Waals surface area contributed by atoms with Gasteiger partial charge in [-0.15, -0.1) is 11.6 Å². The van der Waals surface area contributed by atoms with Crippen molar-refractivity contribution < 1.29 is 19.1 Å².